The minimum Gasteiger partial charge on any atom is -0.504 e. The number of aromatic hydroxyl groups is 1. The molecule has 0 aromatic heterocycles. The molecular formula is C10H12O6. The van der Waals surface area contributed by atoms with Crippen molar-refractivity contribution >= 4 is 5.97 Å². The van der Waals surface area contributed by atoms with Gasteiger partial charge in [0.05, 0.1) is 6.61 Å². The monoisotopic (exact) mass is 228 g/mol. The van der Waals surface area contributed by atoms with Crippen LogP contribution in [0.25, 0.3) is 0 Å². The first-order valence-corrected chi connectivity index (χ1v) is 4.59. The van der Waals surface area contributed by atoms with Gasteiger partial charge in [0.15, 0.2) is 17.6 Å². The highest BCUT2D eigenvalue weighted by Gasteiger charge is 2.20. The molecule has 16 heavy (non-hydrogen) atoms. The molecule has 0 radical (unpaired) electrons. The number of carbonyl (C=O) groups is 1. The molecule has 1 atom stereocenters. The summed E-state index contributed by atoms with van der Waals surface area (Å²) in [4.78, 5) is 14.2. The van der Waals surface area contributed by atoms with E-state index in [0.29, 0.717) is 6.61 Å². The third-order valence-electron chi connectivity index (χ3n) is 1.91. The van der Waals surface area contributed by atoms with E-state index >= 15 is 0 Å². The number of ether oxygens (including phenoxy) is 1. The summed E-state index contributed by atoms with van der Waals surface area (Å²) in [6.07, 6.45) is -1.62. The molecular weight excluding hydrogens is 216 g/mol. The summed E-state index contributed by atoms with van der Waals surface area (Å²) >= 11 is 0. The Hall–Kier alpha value is -1.79. The molecule has 0 aliphatic rings. The maximum atomic E-state index is 10.8. The van der Waals surface area contributed by atoms with Crippen molar-refractivity contribution in [3.63, 3.8) is 0 Å². The molecule has 3 N–H and O–H groups in total. The average Bonchev–Trinajstić information content (AvgIpc) is 2.30. The molecule has 88 valence electrons. The third-order valence-corrected chi connectivity index (χ3v) is 1.91. The van der Waals surface area contributed by atoms with Gasteiger partial charge in [0, 0.05) is 0 Å². The first-order valence-electron chi connectivity index (χ1n) is 4.59. The Morgan fingerprint density at radius 3 is 2.75 bits per heavy atom. The summed E-state index contributed by atoms with van der Waals surface area (Å²) in [6.45, 7) is 2.06. The lowest BCUT2D eigenvalue weighted by Crippen LogP contribution is -2.13. The molecule has 1 unspecified atom stereocenters. The van der Waals surface area contributed by atoms with Gasteiger partial charge < -0.3 is 14.9 Å². The molecule has 0 aliphatic carbocycles. The zero-order chi connectivity index (χ0) is 12.1. The number of hydrogen-bond donors (Lipinski definition) is 3. The van der Waals surface area contributed by atoms with Crippen LogP contribution in [0.3, 0.4) is 0 Å². The molecule has 0 amide bonds. The SMILES string of the molecule is CCOc1cc(C(O)C(=O)OO)ccc1O. The summed E-state index contributed by atoms with van der Waals surface area (Å²) < 4.78 is 5.07. The minimum atomic E-state index is -1.62. The van der Waals surface area contributed by atoms with Gasteiger partial charge in [0.1, 0.15) is 0 Å². The summed E-state index contributed by atoms with van der Waals surface area (Å²) in [5.41, 5.74) is 0.153. The lowest BCUT2D eigenvalue weighted by atomic mass is 10.1. The van der Waals surface area contributed by atoms with Gasteiger partial charge >= 0.3 is 5.97 Å². The van der Waals surface area contributed by atoms with Crippen LogP contribution in [-0.2, 0) is 9.68 Å². The first kappa shape index (κ1) is 12.3. The van der Waals surface area contributed by atoms with E-state index in [9.17, 15) is 15.0 Å². The number of rotatable bonds is 4. The van der Waals surface area contributed by atoms with Crippen LogP contribution in [0.5, 0.6) is 11.5 Å². The van der Waals surface area contributed by atoms with Crippen molar-refractivity contribution in [2.75, 3.05) is 6.61 Å². The van der Waals surface area contributed by atoms with Gasteiger partial charge in [-0.25, -0.2) is 4.79 Å². The fourth-order valence-electron chi connectivity index (χ4n) is 1.16. The van der Waals surface area contributed by atoms with E-state index in [2.05, 4.69) is 4.89 Å². The highest BCUT2D eigenvalue weighted by Crippen LogP contribution is 2.29. The zero-order valence-corrected chi connectivity index (χ0v) is 8.58. The van der Waals surface area contributed by atoms with Crippen molar-refractivity contribution in [1.29, 1.82) is 0 Å². The van der Waals surface area contributed by atoms with Crippen molar-refractivity contribution < 1.29 is 29.9 Å². The van der Waals surface area contributed by atoms with Crippen LogP contribution in [0, 0.1) is 0 Å². The van der Waals surface area contributed by atoms with Gasteiger partial charge in [-0.05, 0) is 24.6 Å². The maximum absolute atomic E-state index is 10.8. The van der Waals surface area contributed by atoms with Gasteiger partial charge in [0.2, 0.25) is 0 Å². The molecule has 1 aromatic carbocycles. The molecule has 1 rings (SSSR count). The molecule has 6 heteroatoms. The highest BCUT2D eigenvalue weighted by atomic mass is 17.1. The van der Waals surface area contributed by atoms with Gasteiger partial charge in [-0.1, -0.05) is 6.07 Å². The maximum Gasteiger partial charge on any atom is 0.374 e. The van der Waals surface area contributed by atoms with Gasteiger partial charge in [-0.15, -0.1) is 0 Å². The van der Waals surface area contributed by atoms with Crippen LogP contribution >= 0.6 is 0 Å². The van der Waals surface area contributed by atoms with Gasteiger partial charge in [0.25, 0.3) is 0 Å². The van der Waals surface area contributed by atoms with Crippen LogP contribution < -0.4 is 4.74 Å². The smallest absolute Gasteiger partial charge is 0.374 e. The zero-order valence-electron chi connectivity index (χ0n) is 8.58. The van der Waals surface area contributed by atoms with Crippen molar-refractivity contribution in [3.05, 3.63) is 23.8 Å². The fourth-order valence-corrected chi connectivity index (χ4v) is 1.16. The van der Waals surface area contributed by atoms with Crippen molar-refractivity contribution in [2.24, 2.45) is 0 Å². The normalized spacial score (nSPS) is 11.9. The Bertz CT molecular complexity index is 376. The topological polar surface area (TPSA) is 96.2 Å². The molecule has 0 saturated carbocycles. The fraction of sp³-hybridized carbons (Fsp3) is 0.300. The Labute approximate surface area is 91.6 Å². The van der Waals surface area contributed by atoms with E-state index < -0.39 is 12.1 Å². The Morgan fingerprint density at radius 2 is 2.19 bits per heavy atom. The number of benzene rings is 1. The predicted octanol–water partition coefficient (Wildman–Crippen LogP) is 0.841. The van der Waals surface area contributed by atoms with E-state index in [4.69, 9.17) is 9.99 Å². The van der Waals surface area contributed by atoms with E-state index in [0.717, 1.165) is 0 Å². The second-order valence-electron chi connectivity index (χ2n) is 2.97. The Balaban J connectivity index is 2.97. The Kier molecular flexibility index (Phi) is 4.10. The van der Waals surface area contributed by atoms with E-state index in [-0.39, 0.29) is 17.1 Å². The number of phenols is 1. The largest absolute Gasteiger partial charge is 0.504 e. The van der Waals surface area contributed by atoms with E-state index in [1.54, 1.807) is 6.92 Å². The lowest BCUT2D eigenvalue weighted by molar-refractivity contribution is -0.243. The van der Waals surface area contributed by atoms with E-state index in [1.807, 2.05) is 0 Å². The average molecular weight is 228 g/mol. The molecule has 0 fully saturated rings. The molecule has 0 saturated heterocycles. The predicted molar refractivity (Wildman–Crippen MR) is 53.0 cm³/mol. The van der Waals surface area contributed by atoms with Crippen LogP contribution in [-0.4, -0.2) is 28.0 Å². The molecule has 0 heterocycles. The number of hydrogen-bond acceptors (Lipinski definition) is 6. The second kappa shape index (κ2) is 5.34. The third kappa shape index (κ3) is 2.62. The lowest BCUT2D eigenvalue weighted by Gasteiger charge is -2.10. The minimum absolute atomic E-state index is 0.102. The quantitative estimate of drug-likeness (QED) is 0.522. The summed E-state index contributed by atoms with van der Waals surface area (Å²) in [7, 11) is 0. The molecule has 0 aliphatic heterocycles. The van der Waals surface area contributed by atoms with Crippen molar-refractivity contribution in [3.8, 4) is 11.5 Å². The van der Waals surface area contributed by atoms with Crippen LogP contribution in [0.2, 0.25) is 0 Å². The first-order chi connectivity index (χ1) is 7.60. The number of aliphatic hydroxyl groups is 1. The van der Waals surface area contributed by atoms with Gasteiger partial charge in [-0.3, -0.25) is 4.89 Å². The number of aliphatic hydroxyl groups excluding tert-OH is 1. The van der Waals surface area contributed by atoms with Crippen LogP contribution in [0.1, 0.15) is 18.6 Å². The van der Waals surface area contributed by atoms with Crippen LogP contribution in [0.15, 0.2) is 18.2 Å². The molecule has 6 nitrogen and oxygen atoms in total. The van der Waals surface area contributed by atoms with Crippen molar-refractivity contribution in [2.45, 2.75) is 13.0 Å². The summed E-state index contributed by atoms with van der Waals surface area (Å²) in [5.74, 6) is -1.16. The standard InChI is InChI=1S/C10H12O6/c1-2-15-8-5-6(3-4-7(8)11)9(12)10(13)16-14/h3-5,9,11-12,14H,2H2,1H3. The number of phenolic OH excluding ortho intramolecular Hbond substituents is 1. The highest BCUT2D eigenvalue weighted by molar-refractivity contribution is 5.75. The Morgan fingerprint density at radius 1 is 1.50 bits per heavy atom. The molecule has 0 bridgehead atoms. The van der Waals surface area contributed by atoms with Crippen LogP contribution in [0.4, 0.5) is 0 Å². The summed E-state index contributed by atoms with van der Waals surface area (Å²) in [5, 5.41) is 26.9. The van der Waals surface area contributed by atoms with Crippen molar-refractivity contribution in [1.82, 2.24) is 0 Å². The summed E-state index contributed by atoms with van der Waals surface area (Å²) in [6, 6.07) is 3.88. The van der Waals surface area contributed by atoms with E-state index in [1.165, 1.54) is 18.2 Å². The molecule has 0 spiro atoms. The number of carbonyl (C=O) groups excluding carboxylic acids is 1. The second-order valence-corrected chi connectivity index (χ2v) is 2.97. The molecule has 1 aromatic rings. The van der Waals surface area contributed by atoms with Gasteiger partial charge in [-0.2, -0.15) is 5.26 Å².